The molecule has 1 saturated heterocycles. The van der Waals surface area contributed by atoms with Crippen LogP contribution in [0.5, 0.6) is 0 Å². The fourth-order valence-electron chi connectivity index (χ4n) is 2.98. The van der Waals surface area contributed by atoms with Crippen LogP contribution in [0.4, 0.5) is 13.2 Å². The van der Waals surface area contributed by atoms with Crippen LogP contribution < -0.4 is 5.32 Å². The number of hydrogen-bond acceptors (Lipinski definition) is 3. The van der Waals surface area contributed by atoms with Crippen LogP contribution in [0.1, 0.15) is 32.6 Å². The van der Waals surface area contributed by atoms with Gasteiger partial charge >= 0.3 is 5.51 Å². The van der Waals surface area contributed by atoms with E-state index < -0.39 is 5.51 Å². The van der Waals surface area contributed by atoms with Crippen molar-refractivity contribution in [2.75, 3.05) is 12.3 Å². The van der Waals surface area contributed by atoms with Gasteiger partial charge in [0.2, 0.25) is 5.91 Å². The molecule has 1 aliphatic heterocycles. The largest absolute Gasteiger partial charge is 0.441 e. The zero-order valence-corrected chi connectivity index (χ0v) is 11.7. The molecule has 7 heteroatoms. The fraction of sp³-hybridized carbons (Fsp3) is 0.917. The number of carbonyl (C=O) groups excluding carboxylic acids is 1. The smallest absolute Gasteiger partial charge is 0.325 e. The second-order valence-corrected chi connectivity index (χ2v) is 6.36. The lowest BCUT2D eigenvalue weighted by Crippen LogP contribution is -2.43. The normalized spacial score (nSPS) is 29.5. The van der Waals surface area contributed by atoms with Crippen molar-refractivity contribution in [1.29, 1.82) is 0 Å². The van der Waals surface area contributed by atoms with Crippen LogP contribution in [0.15, 0.2) is 0 Å². The lowest BCUT2D eigenvalue weighted by molar-refractivity contribution is -0.130. The Morgan fingerprint density at radius 3 is 2.58 bits per heavy atom. The van der Waals surface area contributed by atoms with Crippen LogP contribution >= 0.6 is 11.8 Å². The third-order valence-electron chi connectivity index (χ3n) is 3.85. The van der Waals surface area contributed by atoms with E-state index in [9.17, 15) is 18.0 Å². The van der Waals surface area contributed by atoms with E-state index in [0.29, 0.717) is 5.92 Å². The summed E-state index contributed by atoms with van der Waals surface area (Å²) in [5.41, 5.74) is -4.22. The maximum absolute atomic E-state index is 12.1. The molecule has 3 nitrogen and oxygen atoms in total. The van der Waals surface area contributed by atoms with Crippen LogP contribution in [0.25, 0.3) is 0 Å². The van der Waals surface area contributed by atoms with Crippen molar-refractivity contribution < 1.29 is 18.0 Å². The number of nitrogens with one attached hydrogen (secondary N) is 1. The summed E-state index contributed by atoms with van der Waals surface area (Å²) in [6.07, 6.45) is 4.34. The molecule has 110 valence electrons. The Kier molecular flexibility index (Phi) is 4.66. The number of carbonyl (C=O) groups is 1. The maximum Gasteiger partial charge on any atom is 0.441 e. The number of alkyl halides is 3. The molecule has 2 fully saturated rings. The predicted octanol–water partition coefficient (Wildman–Crippen LogP) is 2.58. The SMILES string of the molecule is CC1NC(C2CCCC2)N(CCSC(F)(F)F)C1=O. The van der Waals surface area contributed by atoms with Crippen molar-refractivity contribution in [2.45, 2.75) is 50.3 Å². The number of amides is 1. The van der Waals surface area contributed by atoms with Crippen molar-refractivity contribution in [3.63, 3.8) is 0 Å². The van der Waals surface area contributed by atoms with Crippen molar-refractivity contribution in [2.24, 2.45) is 5.92 Å². The lowest BCUT2D eigenvalue weighted by atomic mass is 10.0. The van der Waals surface area contributed by atoms with Gasteiger partial charge in [-0.05, 0) is 37.4 Å². The minimum Gasteiger partial charge on any atom is -0.325 e. The Hall–Kier alpha value is -0.430. The number of nitrogens with zero attached hydrogens (tertiary/aromatic N) is 1. The molecule has 1 amide bonds. The third-order valence-corrected chi connectivity index (χ3v) is 4.57. The Bertz CT molecular complexity index is 331. The van der Waals surface area contributed by atoms with Gasteiger partial charge in [-0.3, -0.25) is 10.1 Å². The van der Waals surface area contributed by atoms with E-state index in [-0.39, 0.29) is 42.2 Å². The zero-order chi connectivity index (χ0) is 14.0. The summed E-state index contributed by atoms with van der Waals surface area (Å²) in [5, 5.41) is 3.23. The molecule has 0 aromatic heterocycles. The molecule has 1 saturated carbocycles. The minimum atomic E-state index is -4.22. The van der Waals surface area contributed by atoms with E-state index in [2.05, 4.69) is 5.32 Å². The summed E-state index contributed by atoms with van der Waals surface area (Å²) in [4.78, 5) is 13.6. The predicted molar refractivity (Wildman–Crippen MR) is 68.6 cm³/mol. The second kappa shape index (κ2) is 5.91. The molecule has 0 bridgehead atoms. The van der Waals surface area contributed by atoms with Crippen LogP contribution in [-0.4, -0.2) is 40.8 Å². The fourth-order valence-corrected chi connectivity index (χ4v) is 3.50. The highest BCUT2D eigenvalue weighted by Crippen LogP contribution is 2.33. The summed E-state index contributed by atoms with van der Waals surface area (Å²) in [7, 11) is 0. The molecule has 2 atom stereocenters. The molecular formula is C12H19F3N2OS. The first-order chi connectivity index (χ1) is 8.88. The van der Waals surface area contributed by atoms with E-state index in [4.69, 9.17) is 0 Å². The van der Waals surface area contributed by atoms with Crippen molar-refractivity contribution in [3.05, 3.63) is 0 Å². The second-order valence-electron chi connectivity index (χ2n) is 5.20. The Balaban J connectivity index is 1.92. The first kappa shape index (κ1) is 15.0. The Morgan fingerprint density at radius 2 is 2.00 bits per heavy atom. The molecule has 0 spiro atoms. The first-order valence-electron chi connectivity index (χ1n) is 6.66. The van der Waals surface area contributed by atoms with E-state index in [1.807, 2.05) is 0 Å². The van der Waals surface area contributed by atoms with Gasteiger partial charge in [0.25, 0.3) is 0 Å². The topological polar surface area (TPSA) is 32.3 Å². The molecule has 1 aliphatic carbocycles. The molecule has 0 radical (unpaired) electrons. The van der Waals surface area contributed by atoms with Crippen molar-refractivity contribution in [1.82, 2.24) is 10.2 Å². The zero-order valence-electron chi connectivity index (χ0n) is 10.9. The van der Waals surface area contributed by atoms with Gasteiger partial charge < -0.3 is 4.90 Å². The van der Waals surface area contributed by atoms with Crippen LogP contribution in [0, 0.1) is 5.92 Å². The Labute approximate surface area is 115 Å². The number of thioether (sulfide) groups is 1. The van der Waals surface area contributed by atoms with Crippen LogP contribution in [0.3, 0.4) is 0 Å². The molecule has 19 heavy (non-hydrogen) atoms. The average Bonchev–Trinajstić information content (AvgIpc) is 2.90. The molecule has 0 aromatic carbocycles. The molecule has 2 unspecified atom stereocenters. The molecule has 0 aromatic rings. The number of rotatable bonds is 4. The standard InChI is InChI=1S/C12H19F3N2OS/c1-8-11(18)17(6-7-19-12(13,14)15)10(16-8)9-4-2-3-5-9/h8-10,16H,2-7H2,1H3. The first-order valence-corrected chi connectivity index (χ1v) is 7.64. The Morgan fingerprint density at radius 1 is 1.37 bits per heavy atom. The summed E-state index contributed by atoms with van der Waals surface area (Å²) < 4.78 is 36.4. The molecule has 1 N–H and O–H groups in total. The highest BCUT2D eigenvalue weighted by molar-refractivity contribution is 8.00. The van der Waals surface area contributed by atoms with Gasteiger partial charge in [0.05, 0.1) is 12.2 Å². The van der Waals surface area contributed by atoms with Gasteiger partial charge in [-0.15, -0.1) is 0 Å². The molecular weight excluding hydrogens is 277 g/mol. The van der Waals surface area contributed by atoms with Crippen molar-refractivity contribution in [3.8, 4) is 0 Å². The number of halogens is 3. The van der Waals surface area contributed by atoms with Gasteiger partial charge in [0, 0.05) is 12.3 Å². The third kappa shape index (κ3) is 3.78. The molecule has 2 aliphatic rings. The quantitative estimate of drug-likeness (QED) is 0.865. The van der Waals surface area contributed by atoms with Gasteiger partial charge in [0.1, 0.15) is 0 Å². The van der Waals surface area contributed by atoms with E-state index >= 15 is 0 Å². The van der Waals surface area contributed by atoms with Crippen LogP contribution in [0.2, 0.25) is 0 Å². The van der Waals surface area contributed by atoms with E-state index in [0.717, 1.165) is 25.7 Å². The molecule has 1 heterocycles. The summed E-state index contributed by atoms with van der Waals surface area (Å²) in [6.45, 7) is 1.95. The van der Waals surface area contributed by atoms with Gasteiger partial charge in [0.15, 0.2) is 0 Å². The lowest BCUT2D eigenvalue weighted by Gasteiger charge is -2.29. The monoisotopic (exact) mass is 296 g/mol. The van der Waals surface area contributed by atoms with Gasteiger partial charge in [-0.2, -0.15) is 13.2 Å². The summed E-state index contributed by atoms with van der Waals surface area (Å²) in [6, 6.07) is -0.276. The van der Waals surface area contributed by atoms with Gasteiger partial charge in [-0.1, -0.05) is 12.8 Å². The van der Waals surface area contributed by atoms with E-state index in [1.165, 1.54) is 0 Å². The van der Waals surface area contributed by atoms with Crippen LogP contribution in [-0.2, 0) is 4.79 Å². The number of hydrogen-bond donors (Lipinski definition) is 1. The maximum atomic E-state index is 12.1. The van der Waals surface area contributed by atoms with Gasteiger partial charge in [-0.25, -0.2) is 0 Å². The van der Waals surface area contributed by atoms with E-state index in [1.54, 1.807) is 11.8 Å². The molecule has 2 rings (SSSR count). The summed E-state index contributed by atoms with van der Waals surface area (Å²) >= 11 is -0.0534. The minimum absolute atomic E-state index is 0.0534. The highest BCUT2D eigenvalue weighted by atomic mass is 32.2. The average molecular weight is 296 g/mol. The van der Waals surface area contributed by atoms with Crippen molar-refractivity contribution >= 4 is 17.7 Å². The highest BCUT2D eigenvalue weighted by Gasteiger charge is 2.41. The summed E-state index contributed by atoms with van der Waals surface area (Å²) in [5.74, 6) is 0.233.